The van der Waals surface area contributed by atoms with Crippen molar-refractivity contribution in [2.24, 2.45) is 0 Å². The molecule has 0 spiro atoms. The molecule has 2 aromatic heterocycles. The van der Waals surface area contributed by atoms with E-state index in [0.29, 0.717) is 6.04 Å². The van der Waals surface area contributed by atoms with Crippen molar-refractivity contribution in [3.05, 3.63) is 53.0 Å². The molecule has 4 rings (SSSR count). The molecule has 0 saturated carbocycles. The number of carbonyl (C=O) groups is 1. The van der Waals surface area contributed by atoms with E-state index in [1.807, 2.05) is 29.2 Å². The number of nitrogens with zero attached hydrogens (tertiary/aromatic N) is 5. The third kappa shape index (κ3) is 4.33. The van der Waals surface area contributed by atoms with Crippen LogP contribution < -0.4 is 5.32 Å². The van der Waals surface area contributed by atoms with Crippen LogP contribution >= 0.6 is 11.3 Å². The molecule has 1 N–H and O–H groups in total. The molecule has 3 heterocycles. The molecule has 1 fully saturated rings. The Bertz CT molecular complexity index is 864. The van der Waals surface area contributed by atoms with E-state index in [-0.39, 0.29) is 6.03 Å². The summed E-state index contributed by atoms with van der Waals surface area (Å²) in [7, 11) is 0. The number of hydrogen-bond donors (Lipinski definition) is 1. The van der Waals surface area contributed by atoms with Crippen LogP contribution in [0.3, 0.4) is 0 Å². The molecule has 0 bridgehead atoms. The minimum atomic E-state index is -0.0280. The number of tetrazole rings is 1. The zero-order valence-corrected chi connectivity index (χ0v) is 15.8. The standard InChI is InChI=1S/C19H22N6OS/c26-19(21-15-5-3-7-17(13-15)25-14-20-22-23-25)24-11-2-1-6-16(24)9-10-18-8-4-12-27-18/h3-5,7-8,12-14,16H,1-2,6,9-11H2,(H,21,26). The second-order valence-corrected chi connectivity index (χ2v) is 7.73. The highest BCUT2D eigenvalue weighted by Gasteiger charge is 2.26. The van der Waals surface area contributed by atoms with Gasteiger partial charge in [-0.1, -0.05) is 12.1 Å². The van der Waals surface area contributed by atoms with E-state index in [0.717, 1.165) is 43.6 Å². The Labute approximate surface area is 162 Å². The smallest absolute Gasteiger partial charge is 0.322 e. The first-order valence-corrected chi connectivity index (χ1v) is 10.1. The zero-order chi connectivity index (χ0) is 18.5. The molecule has 7 nitrogen and oxygen atoms in total. The molecule has 1 aliphatic heterocycles. The molecule has 1 aromatic carbocycles. The van der Waals surface area contributed by atoms with Crippen molar-refractivity contribution in [3.8, 4) is 5.69 Å². The summed E-state index contributed by atoms with van der Waals surface area (Å²) >= 11 is 1.79. The lowest BCUT2D eigenvalue weighted by molar-refractivity contribution is 0.158. The number of hydrogen-bond acceptors (Lipinski definition) is 5. The van der Waals surface area contributed by atoms with Gasteiger partial charge in [0, 0.05) is 23.2 Å². The van der Waals surface area contributed by atoms with E-state index in [4.69, 9.17) is 0 Å². The van der Waals surface area contributed by atoms with Crippen molar-refractivity contribution < 1.29 is 4.79 Å². The summed E-state index contributed by atoms with van der Waals surface area (Å²) in [4.78, 5) is 16.3. The molecule has 0 aliphatic carbocycles. The molecule has 1 atom stereocenters. The largest absolute Gasteiger partial charge is 0.322 e. The van der Waals surface area contributed by atoms with Crippen LogP contribution in [0.15, 0.2) is 48.1 Å². The van der Waals surface area contributed by atoms with Crippen LogP contribution in [-0.2, 0) is 6.42 Å². The third-order valence-electron chi connectivity index (χ3n) is 4.90. The summed E-state index contributed by atoms with van der Waals surface area (Å²) in [6.45, 7) is 0.813. The van der Waals surface area contributed by atoms with Crippen LogP contribution in [0, 0.1) is 0 Å². The number of nitrogens with one attached hydrogen (secondary N) is 1. The fraction of sp³-hybridized carbons (Fsp3) is 0.368. The van der Waals surface area contributed by atoms with Gasteiger partial charge in [-0.3, -0.25) is 0 Å². The minimum absolute atomic E-state index is 0.0280. The molecule has 140 valence electrons. The Morgan fingerprint density at radius 3 is 3.04 bits per heavy atom. The normalized spacial score (nSPS) is 17.0. The number of piperidine rings is 1. The van der Waals surface area contributed by atoms with Gasteiger partial charge in [0.05, 0.1) is 5.69 Å². The van der Waals surface area contributed by atoms with E-state index in [2.05, 4.69) is 38.4 Å². The van der Waals surface area contributed by atoms with E-state index in [1.165, 1.54) is 17.6 Å². The maximum atomic E-state index is 12.9. The number of aryl methyl sites for hydroxylation is 1. The summed E-state index contributed by atoms with van der Waals surface area (Å²) < 4.78 is 1.57. The van der Waals surface area contributed by atoms with Crippen LogP contribution in [0.1, 0.15) is 30.6 Å². The number of urea groups is 1. The third-order valence-corrected chi connectivity index (χ3v) is 5.84. The molecule has 1 unspecified atom stereocenters. The van der Waals surface area contributed by atoms with Crippen LogP contribution in [-0.4, -0.2) is 43.7 Å². The highest BCUT2D eigenvalue weighted by molar-refractivity contribution is 7.09. The predicted molar refractivity (Wildman–Crippen MR) is 105 cm³/mol. The first-order chi connectivity index (χ1) is 13.3. The van der Waals surface area contributed by atoms with Crippen LogP contribution in [0.5, 0.6) is 0 Å². The van der Waals surface area contributed by atoms with E-state index >= 15 is 0 Å². The first-order valence-electron chi connectivity index (χ1n) is 9.23. The van der Waals surface area contributed by atoms with Crippen molar-refractivity contribution >= 4 is 23.1 Å². The van der Waals surface area contributed by atoms with Crippen molar-refractivity contribution in [3.63, 3.8) is 0 Å². The predicted octanol–water partition coefficient (Wildman–Crippen LogP) is 3.74. The molecule has 1 aliphatic rings. The maximum absolute atomic E-state index is 12.9. The van der Waals surface area contributed by atoms with Gasteiger partial charge < -0.3 is 10.2 Å². The summed E-state index contributed by atoms with van der Waals surface area (Å²) in [6, 6.07) is 12.1. The van der Waals surface area contributed by atoms with Crippen LogP contribution in [0.25, 0.3) is 5.69 Å². The Morgan fingerprint density at radius 2 is 2.22 bits per heavy atom. The highest BCUT2D eigenvalue weighted by Crippen LogP contribution is 2.24. The van der Waals surface area contributed by atoms with Gasteiger partial charge in [0.1, 0.15) is 6.33 Å². The number of rotatable bonds is 5. The summed E-state index contributed by atoms with van der Waals surface area (Å²) in [6.07, 6.45) is 6.90. The fourth-order valence-corrected chi connectivity index (χ4v) is 4.26. The molecule has 1 saturated heterocycles. The molecular weight excluding hydrogens is 360 g/mol. The summed E-state index contributed by atoms with van der Waals surface area (Å²) in [5, 5.41) is 16.3. The van der Waals surface area contributed by atoms with Crippen molar-refractivity contribution in [1.29, 1.82) is 0 Å². The molecule has 0 radical (unpaired) electrons. The second-order valence-electron chi connectivity index (χ2n) is 6.70. The van der Waals surface area contributed by atoms with Gasteiger partial charge in [-0.2, -0.15) is 0 Å². The maximum Gasteiger partial charge on any atom is 0.322 e. The number of thiophene rings is 1. The zero-order valence-electron chi connectivity index (χ0n) is 15.0. The molecule has 8 heteroatoms. The number of anilines is 1. The SMILES string of the molecule is O=C(Nc1cccc(-n2cnnn2)c1)N1CCCCC1CCc1cccs1. The average molecular weight is 382 g/mol. The number of amides is 2. The highest BCUT2D eigenvalue weighted by atomic mass is 32.1. The lowest BCUT2D eigenvalue weighted by Gasteiger charge is -2.35. The Hall–Kier alpha value is -2.74. The minimum Gasteiger partial charge on any atom is -0.322 e. The fourth-order valence-electron chi connectivity index (χ4n) is 3.53. The van der Waals surface area contributed by atoms with Crippen LogP contribution in [0.4, 0.5) is 10.5 Å². The molecule has 3 aromatic rings. The Balaban J connectivity index is 1.42. The van der Waals surface area contributed by atoms with Gasteiger partial charge in [-0.15, -0.1) is 16.4 Å². The van der Waals surface area contributed by atoms with E-state index in [9.17, 15) is 4.79 Å². The van der Waals surface area contributed by atoms with Gasteiger partial charge >= 0.3 is 6.03 Å². The monoisotopic (exact) mass is 382 g/mol. The van der Waals surface area contributed by atoms with Gasteiger partial charge in [-0.25, -0.2) is 9.48 Å². The van der Waals surface area contributed by atoms with Gasteiger partial charge in [0.25, 0.3) is 0 Å². The lowest BCUT2D eigenvalue weighted by Crippen LogP contribution is -2.46. The topological polar surface area (TPSA) is 75.9 Å². The molecular formula is C19H22N6OS. The Kier molecular flexibility index (Phi) is 5.43. The average Bonchev–Trinajstić information content (AvgIpc) is 3.41. The number of likely N-dealkylation sites (tertiary alicyclic amines) is 1. The number of aromatic nitrogens is 4. The quantitative estimate of drug-likeness (QED) is 0.729. The lowest BCUT2D eigenvalue weighted by atomic mass is 9.98. The molecule has 2 amide bonds. The summed E-state index contributed by atoms with van der Waals surface area (Å²) in [5.41, 5.74) is 1.56. The van der Waals surface area contributed by atoms with E-state index < -0.39 is 0 Å². The van der Waals surface area contributed by atoms with E-state index in [1.54, 1.807) is 16.0 Å². The van der Waals surface area contributed by atoms with Crippen molar-refractivity contribution in [2.75, 3.05) is 11.9 Å². The second kappa shape index (κ2) is 8.30. The number of benzene rings is 1. The van der Waals surface area contributed by atoms with Crippen molar-refractivity contribution in [2.45, 2.75) is 38.1 Å². The number of carbonyl (C=O) groups excluding carboxylic acids is 1. The van der Waals surface area contributed by atoms with Gasteiger partial charge in [0.2, 0.25) is 0 Å². The molecule has 27 heavy (non-hydrogen) atoms. The van der Waals surface area contributed by atoms with Gasteiger partial charge in [-0.05, 0) is 72.2 Å². The van der Waals surface area contributed by atoms with Gasteiger partial charge in [0.15, 0.2) is 0 Å². The Morgan fingerprint density at radius 1 is 1.26 bits per heavy atom. The summed E-state index contributed by atoms with van der Waals surface area (Å²) in [5.74, 6) is 0. The van der Waals surface area contributed by atoms with Crippen LogP contribution in [0.2, 0.25) is 0 Å². The first kappa shape index (κ1) is 17.7. The van der Waals surface area contributed by atoms with Crippen molar-refractivity contribution in [1.82, 2.24) is 25.1 Å².